The van der Waals surface area contributed by atoms with Crippen LogP contribution >= 0.6 is 0 Å². The Balaban J connectivity index is 0.00000235. The topological polar surface area (TPSA) is 102 Å². The zero-order valence-corrected chi connectivity index (χ0v) is 24.0. The molecule has 206 valence electrons. The fourth-order valence-corrected chi connectivity index (χ4v) is 3.82. The molecule has 0 aliphatic rings. The number of ether oxygens (including phenoxy) is 2. The molecule has 1 aromatic carbocycles. The third kappa shape index (κ3) is 8.74. The Labute approximate surface area is 221 Å². The van der Waals surface area contributed by atoms with Crippen LogP contribution in [0.25, 0.3) is 21.9 Å². The normalized spacial score (nSPS) is 12.2. The van der Waals surface area contributed by atoms with E-state index < -0.39 is 11.2 Å². The first-order valence-electron chi connectivity index (χ1n) is 13.1. The minimum absolute atomic E-state index is 0.154. The van der Waals surface area contributed by atoms with Crippen LogP contribution in [0, 0.1) is 0 Å². The van der Waals surface area contributed by atoms with E-state index in [9.17, 15) is 9.90 Å². The Morgan fingerprint density at radius 1 is 1.14 bits per heavy atom. The Morgan fingerprint density at radius 2 is 1.81 bits per heavy atom. The van der Waals surface area contributed by atoms with Gasteiger partial charge in [-0.15, -0.1) is 0 Å². The van der Waals surface area contributed by atoms with E-state index in [4.69, 9.17) is 19.4 Å². The van der Waals surface area contributed by atoms with E-state index in [1.165, 1.54) is 0 Å². The number of benzene rings is 1. The number of carbonyl (C=O) groups is 1. The van der Waals surface area contributed by atoms with E-state index in [0.29, 0.717) is 50.1 Å². The van der Waals surface area contributed by atoms with Gasteiger partial charge < -0.3 is 24.5 Å². The van der Waals surface area contributed by atoms with Crippen molar-refractivity contribution in [2.24, 2.45) is 0 Å². The van der Waals surface area contributed by atoms with Crippen molar-refractivity contribution in [2.75, 3.05) is 32.7 Å². The lowest BCUT2D eigenvalue weighted by Gasteiger charge is -2.27. The van der Waals surface area contributed by atoms with Gasteiger partial charge in [0, 0.05) is 18.4 Å². The van der Waals surface area contributed by atoms with Crippen LogP contribution < -0.4 is 5.32 Å². The van der Waals surface area contributed by atoms with Gasteiger partial charge >= 0.3 is 0 Å². The number of hydrogen-bond donors (Lipinski definition) is 2. The van der Waals surface area contributed by atoms with Gasteiger partial charge in [-0.2, -0.15) is 0 Å². The first-order valence-corrected chi connectivity index (χ1v) is 13.1. The summed E-state index contributed by atoms with van der Waals surface area (Å²) in [5.74, 6) is 0.929. The molecular formula is C28H45N5O4. The fourth-order valence-electron chi connectivity index (χ4n) is 3.82. The predicted octanol–water partition coefficient (Wildman–Crippen LogP) is 4.95. The van der Waals surface area contributed by atoms with Crippen molar-refractivity contribution in [3.05, 3.63) is 30.1 Å². The molecule has 0 bridgehead atoms. The Kier molecular flexibility index (Phi) is 11.0. The van der Waals surface area contributed by atoms with E-state index in [-0.39, 0.29) is 12.3 Å². The monoisotopic (exact) mass is 515 g/mol. The number of rotatable bonds is 12. The standard InChI is InChI=1S/C26H39N5O4.C2H6/c1-8-34-15-20-28-22-23(31(20)16-25(2,3)33)18-11-9-10-12-19(18)27-24(22)29-21(32)13-14-26(4,5)35-17-30(6)7;1-2/h9-12,33H,8,13-17H2,1-7H3,(H,27,29,32);1-2H3. The summed E-state index contributed by atoms with van der Waals surface area (Å²) in [6.45, 7) is 15.1. The molecule has 0 aliphatic heterocycles. The number of aromatic nitrogens is 3. The number of nitrogens with one attached hydrogen (secondary N) is 1. The second kappa shape index (κ2) is 13.3. The molecule has 0 saturated carbocycles. The summed E-state index contributed by atoms with van der Waals surface area (Å²) in [5, 5.41) is 14.5. The maximum absolute atomic E-state index is 13.0. The molecule has 9 heteroatoms. The van der Waals surface area contributed by atoms with Crippen LogP contribution in [0.2, 0.25) is 0 Å². The van der Waals surface area contributed by atoms with Gasteiger partial charge in [0.15, 0.2) is 5.82 Å². The second-order valence-electron chi connectivity index (χ2n) is 10.4. The zero-order chi connectivity index (χ0) is 27.8. The van der Waals surface area contributed by atoms with Crippen LogP contribution in [0.5, 0.6) is 0 Å². The summed E-state index contributed by atoms with van der Waals surface area (Å²) in [6, 6.07) is 7.75. The minimum Gasteiger partial charge on any atom is -0.389 e. The van der Waals surface area contributed by atoms with Crippen molar-refractivity contribution in [3.8, 4) is 0 Å². The van der Waals surface area contributed by atoms with Gasteiger partial charge in [-0.25, -0.2) is 9.97 Å². The number of nitrogens with zero attached hydrogens (tertiary/aromatic N) is 4. The molecule has 2 heterocycles. The summed E-state index contributed by atoms with van der Waals surface area (Å²) in [5.41, 5.74) is 0.731. The molecule has 0 spiro atoms. The number of amides is 1. The highest BCUT2D eigenvalue weighted by Crippen LogP contribution is 2.32. The first-order chi connectivity index (χ1) is 17.4. The predicted molar refractivity (Wildman–Crippen MR) is 150 cm³/mol. The largest absolute Gasteiger partial charge is 0.389 e. The van der Waals surface area contributed by atoms with Crippen LogP contribution in [0.1, 0.15) is 67.1 Å². The van der Waals surface area contributed by atoms with Gasteiger partial charge in [0.1, 0.15) is 17.9 Å². The molecule has 9 nitrogen and oxygen atoms in total. The zero-order valence-electron chi connectivity index (χ0n) is 24.0. The molecule has 2 N–H and O–H groups in total. The maximum Gasteiger partial charge on any atom is 0.225 e. The smallest absolute Gasteiger partial charge is 0.225 e. The van der Waals surface area contributed by atoms with Crippen molar-refractivity contribution in [1.82, 2.24) is 19.4 Å². The number of carbonyl (C=O) groups excluding carboxylic acids is 1. The van der Waals surface area contributed by atoms with Crippen LogP contribution in [0.4, 0.5) is 5.82 Å². The summed E-state index contributed by atoms with van der Waals surface area (Å²) < 4.78 is 13.5. The highest BCUT2D eigenvalue weighted by atomic mass is 16.5. The van der Waals surface area contributed by atoms with Crippen molar-refractivity contribution in [3.63, 3.8) is 0 Å². The number of aliphatic hydroxyl groups is 1. The van der Waals surface area contributed by atoms with Crippen LogP contribution in [-0.4, -0.2) is 69.1 Å². The molecular weight excluding hydrogens is 470 g/mol. The average Bonchev–Trinajstić information content (AvgIpc) is 3.19. The van der Waals surface area contributed by atoms with E-state index in [0.717, 1.165) is 16.4 Å². The minimum atomic E-state index is -0.972. The summed E-state index contributed by atoms with van der Waals surface area (Å²) >= 11 is 0. The number of hydrogen-bond acceptors (Lipinski definition) is 7. The number of para-hydroxylation sites is 1. The van der Waals surface area contributed by atoms with Gasteiger partial charge in [0.25, 0.3) is 0 Å². The molecule has 0 fully saturated rings. The summed E-state index contributed by atoms with van der Waals surface area (Å²) in [6.07, 6.45) is 0.846. The van der Waals surface area contributed by atoms with Crippen molar-refractivity contribution in [1.29, 1.82) is 0 Å². The second-order valence-corrected chi connectivity index (χ2v) is 10.4. The average molecular weight is 516 g/mol. The third-order valence-electron chi connectivity index (χ3n) is 5.57. The molecule has 3 rings (SSSR count). The molecule has 37 heavy (non-hydrogen) atoms. The van der Waals surface area contributed by atoms with Crippen LogP contribution in [0.15, 0.2) is 24.3 Å². The SMILES string of the molecule is CC.CCOCc1nc2c(NC(=O)CCC(C)(C)OCN(C)C)nc3ccccc3c2n1CC(C)(C)O. The van der Waals surface area contributed by atoms with Crippen molar-refractivity contribution >= 4 is 33.7 Å². The molecule has 0 saturated heterocycles. The van der Waals surface area contributed by atoms with Gasteiger partial charge in [0.2, 0.25) is 5.91 Å². The van der Waals surface area contributed by atoms with Gasteiger partial charge in [-0.1, -0.05) is 32.0 Å². The number of imidazole rings is 1. The van der Waals surface area contributed by atoms with Gasteiger partial charge in [0.05, 0.1) is 35.5 Å². The molecule has 0 atom stereocenters. The Bertz CT molecular complexity index is 1160. The molecule has 1 amide bonds. The molecule has 2 aromatic heterocycles. The first kappa shape index (κ1) is 30.6. The summed E-state index contributed by atoms with van der Waals surface area (Å²) in [4.78, 5) is 24.4. The lowest BCUT2D eigenvalue weighted by atomic mass is 10.0. The third-order valence-corrected chi connectivity index (χ3v) is 5.57. The lowest BCUT2D eigenvalue weighted by molar-refractivity contribution is -0.119. The molecule has 0 aliphatic carbocycles. The van der Waals surface area contributed by atoms with Gasteiger partial charge in [-0.3, -0.25) is 9.69 Å². The van der Waals surface area contributed by atoms with E-state index in [2.05, 4.69) is 5.32 Å². The number of pyridine rings is 1. The molecule has 0 radical (unpaired) electrons. The molecule has 0 unspecified atom stereocenters. The Hall–Kier alpha value is -2.59. The number of fused-ring (bicyclic) bond motifs is 3. The highest BCUT2D eigenvalue weighted by Gasteiger charge is 2.25. The quantitative estimate of drug-likeness (QED) is 0.329. The van der Waals surface area contributed by atoms with Crippen molar-refractivity contribution in [2.45, 2.75) is 85.7 Å². The summed E-state index contributed by atoms with van der Waals surface area (Å²) in [7, 11) is 3.88. The fraction of sp³-hybridized carbons (Fsp3) is 0.607. The maximum atomic E-state index is 13.0. The Morgan fingerprint density at radius 3 is 2.43 bits per heavy atom. The van der Waals surface area contributed by atoms with E-state index in [1.54, 1.807) is 13.8 Å². The lowest BCUT2D eigenvalue weighted by Crippen LogP contribution is -2.31. The van der Waals surface area contributed by atoms with E-state index >= 15 is 0 Å². The van der Waals surface area contributed by atoms with Gasteiger partial charge in [-0.05, 0) is 61.2 Å². The highest BCUT2D eigenvalue weighted by molar-refractivity contribution is 6.09. The van der Waals surface area contributed by atoms with Crippen molar-refractivity contribution < 1.29 is 19.4 Å². The van der Waals surface area contributed by atoms with E-state index in [1.807, 2.05) is 82.4 Å². The van der Waals surface area contributed by atoms with Crippen LogP contribution in [0.3, 0.4) is 0 Å². The van der Waals surface area contributed by atoms with Crippen LogP contribution in [-0.2, 0) is 27.4 Å². The number of anilines is 1. The molecule has 3 aromatic rings.